The van der Waals surface area contributed by atoms with E-state index in [0.29, 0.717) is 11.4 Å². The zero-order valence-electron chi connectivity index (χ0n) is 13.6. The molecule has 0 saturated heterocycles. The third kappa shape index (κ3) is 3.15. The molecule has 0 fully saturated rings. The number of aryl methyl sites for hydroxylation is 2. The summed E-state index contributed by atoms with van der Waals surface area (Å²) >= 11 is 0. The Hall–Kier alpha value is -1.86. The summed E-state index contributed by atoms with van der Waals surface area (Å²) in [6, 6.07) is 3.39. The van der Waals surface area contributed by atoms with Crippen LogP contribution < -0.4 is 5.32 Å². The van der Waals surface area contributed by atoms with Crippen molar-refractivity contribution in [3.63, 3.8) is 0 Å². The van der Waals surface area contributed by atoms with Crippen molar-refractivity contribution in [2.24, 2.45) is 7.05 Å². The van der Waals surface area contributed by atoms with E-state index < -0.39 is 10.0 Å². The predicted molar refractivity (Wildman–Crippen MR) is 87.3 cm³/mol. The van der Waals surface area contributed by atoms with Crippen molar-refractivity contribution >= 4 is 15.7 Å². The van der Waals surface area contributed by atoms with E-state index in [1.54, 1.807) is 18.3 Å². The molecule has 1 aromatic heterocycles. The number of aromatic nitrogens is 2. The highest BCUT2D eigenvalue weighted by molar-refractivity contribution is 7.89. The Morgan fingerprint density at radius 1 is 1.27 bits per heavy atom. The van der Waals surface area contributed by atoms with Gasteiger partial charge in [0, 0.05) is 39.2 Å². The fourth-order valence-corrected chi connectivity index (χ4v) is 3.12. The monoisotopic (exact) mass is 322 g/mol. The molecule has 0 saturated carbocycles. The lowest BCUT2D eigenvalue weighted by Crippen LogP contribution is -2.22. The maximum absolute atomic E-state index is 12.3. The molecule has 120 valence electrons. The van der Waals surface area contributed by atoms with E-state index in [1.807, 2.05) is 31.7 Å². The second-order valence-electron chi connectivity index (χ2n) is 5.51. The Bertz CT molecular complexity index is 779. The summed E-state index contributed by atoms with van der Waals surface area (Å²) in [6.07, 6.45) is 3.62. The predicted octanol–water partition coefficient (Wildman–Crippen LogP) is 1.90. The van der Waals surface area contributed by atoms with Gasteiger partial charge in [-0.05, 0) is 37.1 Å². The molecule has 0 spiro atoms. The quantitative estimate of drug-likeness (QED) is 0.913. The second kappa shape index (κ2) is 6.10. The topological polar surface area (TPSA) is 67.2 Å². The first kappa shape index (κ1) is 16.5. The summed E-state index contributed by atoms with van der Waals surface area (Å²) in [7, 11) is 1.55. The molecule has 0 aliphatic rings. The minimum absolute atomic E-state index is 0.294. The van der Waals surface area contributed by atoms with Crippen LogP contribution in [0.4, 0.5) is 5.69 Å². The maximum Gasteiger partial charge on any atom is 0.242 e. The molecule has 0 aliphatic heterocycles. The van der Waals surface area contributed by atoms with Crippen LogP contribution in [0.5, 0.6) is 0 Å². The first-order valence-electron chi connectivity index (χ1n) is 6.97. The Morgan fingerprint density at radius 2 is 1.95 bits per heavy atom. The van der Waals surface area contributed by atoms with Crippen LogP contribution in [0.15, 0.2) is 29.4 Å². The summed E-state index contributed by atoms with van der Waals surface area (Å²) in [6.45, 7) is 4.42. The summed E-state index contributed by atoms with van der Waals surface area (Å²) < 4.78 is 27.8. The first-order chi connectivity index (χ1) is 10.2. The lowest BCUT2D eigenvalue weighted by atomic mass is 10.1. The summed E-state index contributed by atoms with van der Waals surface area (Å²) in [5.41, 5.74) is 2.78. The lowest BCUT2D eigenvalue weighted by molar-refractivity contribution is 0.520. The number of sulfonamides is 1. The third-order valence-corrected chi connectivity index (χ3v) is 5.57. The van der Waals surface area contributed by atoms with Gasteiger partial charge >= 0.3 is 0 Å². The van der Waals surface area contributed by atoms with Crippen LogP contribution in [0.25, 0.3) is 0 Å². The van der Waals surface area contributed by atoms with Crippen LogP contribution in [-0.4, -0.2) is 36.4 Å². The molecule has 0 bridgehead atoms. The zero-order valence-corrected chi connectivity index (χ0v) is 14.4. The molecule has 22 heavy (non-hydrogen) atoms. The molecule has 7 heteroatoms. The zero-order chi connectivity index (χ0) is 16.5. The van der Waals surface area contributed by atoms with Crippen molar-refractivity contribution in [2.75, 3.05) is 19.4 Å². The molecule has 1 N–H and O–H groups in total. The van der Waals surface area contributed by atoms with Crippen LogP contribution >= 0.6 is 0 Å². The van der Waals surface area contributed by atoms with Gasteiger partial charge in [-0.2, -0.15) is 0 Å². The van der Waals surface area contributed by atoms with Gasteiger partial charge in [-0.15, -0.1) is 0 Å². The minimum atomic E-state index is -3.45. The maximum atomic E-state index is 12.3. The van der Waals surface area contributed by atoms with E-state index in [2.05, 4.69) is 10.3 Å². The minimum Gasteiger partial charge on any atom is -0.378 e. The molecule has 0 unspecified atom stereocenters. The molecule has 2 rings (SSSR count). The van der Waals surface area contributed by atoms with E-state index in [-0.39, 0.29) is 0 Å². The van der Waals surface area contributed by atoms with E-state index >= 15 is 0 Å². The standard InChI is InChI=1S/C15H22N4O2S/c1-11-8-13(22(20,21)18(3)4)9-14(12(11)2)17-10-15-16-6-7-19(15)5/h6-9,17H,10H2,1-5H3. The molecule has 0 atom stereocenters. The van der Waals surface area contributed by atoms with Gasteiger partial charge in [0.05, 0.1) is 11.4 Å². The first-order valence-corrected chi connectivity index (χ1v) is 8.41. The highest BCUT2D eigenvalue weighted by Gasteiger charge is 2.19. The van der Waals surface area contributed by atoms with Crippen molar-refractivity contribution in [2.45, 2.75) is 25.3 Å². The summed E-state index contributed by atoms with van der Waals surface area (Å²) in [5.74, 6) is 0.887. The van der Waals surface area contributed by atoms with E-state index in [1.165, 1.54) is 18.4 Å². The van der Waals surface area contributed by atoms with Crippen LogP contribution in [0.3, 0.4) is 0 Å². The Kier molecular flexibility index (Phi) is 4.58. The normalized spacial score (nSPS) is 11.9. The Labute approximate surface area is 131 Å². The molecule has 1 aromatic carbocycles. The SMILES string of the molecule is Cc1cc(S(=O)(=O)N(C)C)cc(NCc2nccn2C)c1C. The number of hydrogen-bond donors (Lipinski definition) is 1. The average molecular weight is 322 g/mol. The number of anilines is 1. The van der Waals surface area contributed by atoms with Gasteiger partial charge in [-0.1, -0.05) is 0 Å². The third-order valence-electron chi connectivity index (χ3n) is 3.78. The van der Waals surface area contributed by atoms with Gasteiger partial charge in [0.25, 0.3) is 0 Å². The number of imidazole rings is 1. The summed E-state index contributed by atoms with van der Waals surface area (Å²) in [4.78, 5) is 4.55. The van der Waals surface area contributed by atoms with Crippen LogP contribution in [0.2, 0.25) is 0 Å². The number of hydrogen-bond acceptors (Lipinski definition) is 4. The van der Waals surface area contributed by atoms with Gasteiger partial charge in [-0.25, -0.2) is 17.7 Å². The van der Waals surface area contributed by atoms with Gasteiger partial charge in [-0.3, -0.25) is 0 Å². The van der Waals surface area contributed by atoms with Crippen molar-refractivity contribution in [1.82, 2.24) is 13.9 Å². The summed E-state index contributed by atoms with van der Waals surface area (Å²) in [5, 5.41) is 3.28. The second-order valence-corrected chi connectivity index (χ2v) is 7.66. The van der Waals surface area contributed by atoms with Crippen molar-refractivity contribution < 1.29 is 8.42 Å². The van der Waals surface area contributed by atoms with Gasteiger partial charge in [0.1, 0.15) is 5.82 Å². The highest BCUT2D eigenvalue weighted by Crippen LogP contribution is 2.25. The highest BCUT2D eigenvalue weighted by atomic mass is 32.2. The van der Waals surface area contributed by atoms with Gasteiger partial charge < -0.3 is 9.88 Å². The average Bonchev–Trinajstić information content (AvgIpc) is 2.85. The molecular weight excluding hydrogens is 300 g/mol. The molecule has 0 amide bonds. The smallest absolute Gasteiger partial charge is 0.242 e. The molecule has 1 heterocycles. The van der Waals surface area contributed by atoms with Gasteiger partial charge in [0.2, 0.25) is 10.0 Å². The Balaban J connectivity index is 2.35. The van der Waals surface area contributed by atoms with Crippen molar-refractivity contribution in [1.29, 1.82) is 0 Å². The van der Waals surface area contributed by atoms with E-state index in [9.17, 15) is 8.42 Å². The van der Waals surface area contributed by atoms with Crippen LogP contribution in [0, 0.1) is 13.8 Å². The van der Waals surface area contributed by atoms with Crippen molar-refractivity contribution in [3.05, 3.63) is 41.5 Å². The van der Waals surface area contributed by atoms with Gasteiger partial charge in [0.15, 0.2) is 0 Å². The number of nitrogens with zero attached hydrogens (tertiary/aromatic N) is 3. The number of rotatable bonds is 5. The van der Waals surface area contributed by atoms with Crippen LogP contribution in [0.1, 0.15) is 17.0 Å². The largest absolute Gasteiger partial charge is 0.378 e. The van der Waals surface area contributed by atoms with Crippen molar-refractivity contribution in [3.8, 4) is 0 Å². The molecule has 0 radical (unpaired) electrons. The molecule has 6 nitrogen and oxygen atoms in total. The molecule has 2 aromatic rings. The van der Waals surface area contributed by atoms with Crippen LogP contribution in [-0.2, 0) is 23.6 Å². The van der Waals surface area contributed by atoms with E-state index in [0.717, 1.165) is 22.6 Å². The Morgan fingerprint density at radius 3 is 2.50 bits per heavy atom. The number of benzene rings is 1. The number of nitrogens with one attached hydrogen (secondary N) is 1. The molecule has 0 aliphatic carbocycles. The molecular formula is C15H22N4O2S. The fourth-order valence-electron chi connectivity index (χ4n) is 2.11. The fraction of sp³-hybridized carbons (Fsp3) is 0.400. The lowest BCUT2D eigenvalue weighted by Gasteiger charge is -2.17. The van der Waals surface area contributed by atoms with E-state index in [4.69, 9.17) is 0 Å².